The number of H-pyrrole nitrogens is 1. The molecular weight excluding hydrogens is 350 g/mol. The molecule has 0 saturated heterocycles. The van der Waals surface area contributed by atoms with E-state index in [9.17, 15) is 4.79 Å². The molecule has 2 aromatic heterocycles. The van der Waals surface area contributed by atoms with Crippen LogP contribution >= 0.6 is 23.6 Å². The summed E-state index contributed by atoms with van der Waals surface area (Å²) >= 11 is 6.79. The van der Waals surface area contributed by atoms with E-state index in [2.05, 4.69) is 21.4 Å². The molecule has 0 saturated carbocycles. The quantitative estimate of drug-likeness (QED) is 0.487. The number of nitrogens with one attached hydrogen (secondary N) is 2. The van der Waals surface area contributed by atoms with Crippen LogP contribution in [0, 0.1) is 4.64 Å². The molecule has 4 rings (SSSR count). The minimum atomic E-state index is -0.233. The highest BCUT2D eigenvalue weighted by molar-refractivity contribution is 7.71. The first-order valence-electron chi connectivity index (χ1n) is 7.66. The molecule has 0 bridgehead atoms. The van der Waals surface area contributed by atoms with E-state index in [1.807, 2.05) is 42.5 Å². The third-order valence-electron chi connectivity index (χ3n) is 3.72. The van der Waals surface area contributed by atoms with Crippen LogP contribution in [0.5, 0.6) is 0 Å². The maximum absolute atomic E-state index is 12.4. The van der Waals surface area contributed by atoms with Crippen molar-refractivity contribution in [2.24, 2.45) is 0 Å². The molecule has 1 amide bonds. The standard InChI is InChI=1S/C19H13N3OS2/c23-17(14-7-4-10-20-18(14)24)21-13-6-3-5-12(11-13)19-22-15-8-1-2-9-16(15)25-19/h1-11H,(H,20,24)(H,21,23). The van der Waals surface area contributed by atoms with Gasteiger partial charge in [0.1, 0.15) is 9.65 Å². The Bertz CT molecular complexity index is 1100. The number of amides is 1. The molecule has 0 atom stereocenters. The predicted molar refractivity (Wildman–Crippen MR) is 105 cm³/mol. The van der Waals surface area contributed by atoms with Crippen molar-refractivity contribution in [2.75, 3.05) is 5.32 Å². The molecule has 0 radical (unpaired) electrons. The first-order valence-corrected chi connectivity index (χ1v) is 8.88. The lowest BCUT2D eigenvalue weighted by molar-refractivity contribution is 0.102. The van der Waals surface area contributed by atoms with Gasteiger partial charge in [0.2, 0.25) is 0 Å². The van der Waals surface area contributed by atoms with Crippen molar-refractivity contribution in [3.63, 3.8) is 0 Å². The van der Waals surface area contributed by atoms with E-state index in [1.54, 1.807) is 29.7 Å². The number of aromatic nitrogens is 2. The summed E-state index contributed by atoms with van der Waals surface area (Å²) in [6, 6.07) is 19.2. The highest BCUT2D eigenvalue weighted by Gasteiger charge is 2.10. The number of carbonyl (C=O) groups is 1. The number of hydrogen-bond acceptors (Lipinski definition) is 4. The van der Waals surface area contributed by atoms with Crippen LogP contribution < -0.4 is 5.32 Å². The fourth-order valence-corrected chi connectivity index (χ4v) is 3.72. The molecule has 0 spiro atoms. The maximum Gasteiger partial charge on any atom is 0.258 e. The SMILES string of the molecule is O=C(Nc1cccc(-c2nc3ccccc3s2)c1)c1ccc[nH]c1=S. The normalized spacial score (nSPS) is 10.7. The van der Waals surface area contributed by atoms with Gasteiger partial charge in [-0.25, -0.2) is 4.98 Å². The molecule has 0 aliphatic carbocycles. The Balaban J connectivity index is 1.64. The second-order valence-corrected chi connectivity index (χ2v) is 6.87. The van der Waals surface area contributed by atoms with E-state index < -0.39 is 0 Å². The second-order valence-electron chi connectivity index (χ2n) is 5.43. The molecular formula is C19H13N3OS2. The van der Waals surface area contributed by atoms with Crippen molar-refractivity contribution in [1.82, 2.24) is 9.97 Å². The van der Waals surface area contributed by atoms with Crippen LogP contribution in [-0.4, -0.2) is 15.9 Å². The van der Waals surface area contributed by atoms with Gasteiger partial charge >= 0.3 is 0 Å². The molecule has 6 heteroatoms. The van der Waals surface area contributed by atoms with Crippen LogP contribution in [0.4, 0.5) is 5.69 Å². The van der Waals surface area contributed by atoms with Crippen LogP contribution in [0.15, 0.2) is 66.9 Å². The van der Waals surface area contributed by atoms with Gasteiger partial charge < -0.3 is 10.3 Å². The maximum atomic E-state index is 12.4. The molecule has 0 aliphatic rings. The number of nitrogens with zero attached hydrogens (tertiary/aromatic N) is 1. The summed E-state index contributed by atoms with van der Waals surface area (Å²) in [6.45, 7) is 0. The zero-order valence-electron chi connectivity index (χ0n) is 13.0. The van der Waals surface area contributed by atoms with Gasteiger partial charge in [0.05, 0.1) is 15.8 Å². The van der Waals surface area contributed by atoms with Crippen molar-refractivity contribution >= 4 is 45.4 Å². The van der Waals surface area contributed by atoms with Crippen LogP contribution in [0.1, 0.15) is 10.4 Å². The number of pyridine rings is 1. The summed E-state index contributed by atoms with van der Waals surface area (Å²) in [7, 11) is 0. The lowest BCUT2D eigenvalue weighted by Crippen LogP contribution is -2.12. The van der Waals surface area contributed by atoms with Crippen molar-refractivity contribution < 1.29 is 4.79 Å². The fraction of sp³-hybridized carbons (Fsp3) is 0. The Morgan fingerprint density at radius 2 is 1.96 bits per heavy atom. The zero-order valence-corrected chi connectivity index (χ0v) is 14.7. The van der Waals surface area contributed by atoms with Crippen molar-refractivity contribution in [3.05, 3.63) is 77.1 Å². The van der Waals surface area contributed by atoms with E-state index in [-0.39, 0.29) is 5.91 Å². The Labute approximate surface area is 153 Å². The van der Waals surface area contributed by atoms with Gasteiger partial charge in [-0.1, -0.05) is 36.5 Å². The molecule has 25 heavy (non-hydrogen) atoms. The molecule has 0 unspecified atom stereocenters. The zero-order chi connectivity index (χ0) is 17.2. The van der Waals surface area contributed by atoms with Gasteiger partial charge in [-0.05, 0) is 36.4 Å². The van der Waals surface area contributed by atoms with E-state index in [0.717, 1.165) is 20.8 Å². The number of hydrogen-bond donors (Lipinski definition) is 2. The number of benzene rings is 2. The Morgan fingerprint density at radius 1 is 1.08 bits per heavy atom. The molecule has 2 N–H and O–H groups in total. The van der Waals surface area contributed by atoms with Gasteiger partial charge in [-0.15, -0.1) is 11.3 Å². The van der Waals surface area contributed by atoms with Gasteiger partial charge in [0.15, 0.2) is 0 Å². The number of carbonyl (C=O) groups excluding carboxylic acids is 1. The summed E-state index contributed by atoms with van der Waals surface area (Å²) < 4.78 is 1.56. The topological polar surface area (TPSA) is 57.8 Å². The molecule has 0 aliphatic heterocycles. The molecule has 0 fully saturated rings. The van der Waals surface area contributed by atoms with Gasteiger partial charge in [-0.2, -0.15) is 0 Å². The first kappa shape index (κ1) is 15.7. The van der Waals surface area contributed by atoms with E-state index in [4.69, 9.17) is 12.2 Å². The first-order chi connectivity index (χ1) is 12.2. The van der Waals surface area contributed by atoms with Crippen molar-refractivity contribution in [1.29, 1.82) is 0 Å². The number of aromatic amines is 1. The fourth-order valence-electron chi connectivity index (χ4n) is 2.52. The summed E-state index contributed by atoms with van der Waals surface area (Å²) in [6.07, 6.45) is 1.70. The lowest BCUT2D eigenvalue weighted by atomic mass is 10.2. The average molecular weight is 363 g/mol. The Morgan fingerprint density at radius 3 is 2.80 bits per heavy atom. The van der Waals surface area contributed by atoms with E-state index >= 15 is 0 Å². The molecule has 122 valence electrons. The smallest absolute Gasteiger partial charge is 0.258 e. The predicted octanol–water partition coefficient (Wildman–Crippen LogP) is 5.27. The monoisotopic (exact) mass is 363 g/mol. The number of para-hydroxylation sites is 1. The van der Waals surface area contributed by atoms with Crippen molar-refractivity contribution in [3.8, 4) is 10.6 Å². The summed E-state index contributed by atoms with van der Waals surface area (Å²) in [5.74, 6) is -0.233. The summed E-state index contributed by atoms with van der Waals surface area (Å²) in [4.78, 5) is 19.9. The summed E-state index contributed by atoms with van der Waals surface area (Å²) in [5, 5.41) is 3.82. The lowest BCUT2D eigenvalue weighted by Gasteiger charge is -2.06. The largest absolute Gasteiger partial charge is 0.352 e. The second kappa shape index (κ2) is 6.58. The molecule has 2 heterocycles. The third-order valence-corrected chi connectivity index (χ3v) is 5.15. The van der Waals surface area contributed by atoms with E-state index in [1.165, 1.54) is 0 Å². The van der Waals surface area contributed by atoms with Crippen molar-refractivity contribution in [2.45, 2.75) is 0 Å². The number of thiazole rings is 1. The highest BCUT2D eigenvalue weighted by Crippen LogP contribution is 2.31. The van der Waals surface area contributed by atoms with Gasteiger partial charge in [0.25, 0.3) is 5.91 Å². The minimum Gasteiger partial charge on any atom is -0.352 e. The average Bonchev–Trinajstić information content (AvgIpc) is 3.06. The summed E-state index contributed by atoms with van der Waals surface area (Å²) in [5.41, 5.74) is 3.10. The van der Waals surface area contributed by atoms with Crippen LogP contribution in [-0.2, 0) is 0 Å². The number of rotatable bonds is 3. The number of fused-ring (bicyclic) bond motifs is 1. The number of anilines is 1. The Kier molecular flexibility index (Phi) is 4.13. The van der Waals surface area contributed by atoms with Crippen LogP contribution in [0.25, 0.3) is 20.8 Å². The van der Waals surface area contributed by atoms with E-state index in [0.29, 0.717) is 15.9 Å². The van der Waals surface area contributed by atoms with Crippen LogP contribution in [0.3, 0.4) is 0 Å². The van der Waals surface area contributed by atoms with Gasteiger partial charge in [0, 0.05) is 17.4 Å². The van der Waals surface area contributed by atoms with Gasteiger partial charge in [-0.3, -0.25) is 4.79 Å². The minimum absolute atomic E-state index is 0.233. The third kappa shape index (κ3) is 3.22. The van der Waals surface area contributed by atoms with Crippen LogP contribution in [0.2, 0.25) is 0 Å². The molecule has 2 aromatic carbocycles. The highest BCUT2D eigenvalue weighted by atomic mass is 32.1. The molecule has 4 aromatic rings. The molecule has 4 nitrogen and oxygen atoms in total. The Hall–Kier alpha value is -2.83.